The molecule has 2 heterocycles. The van der Waals surface area contributed by atoms with Gasteiger partial charge in [0.05, 0.1) is 16.9 Å². The molecule has 0 atom stereocenters. The van der Waals surface area contributed by atoms with Crippen LogP contribution in [0.2, 0.25) is 0 Å². The van der Waals surface area contributed by atoms with E-state index in [0.717, 1.165) is 32.0 Å². The van der Waals surface area contributed by atoms with Crippen molar-refractivity contribution in [3.05, 3.63) is 36.4 Å². The second-order valence-corrected chi connectivity index (χ2v) is 4.74. The molecule has 0 bridgehead atoms. The normalized spacial score (nSPS) is 15.8. The van der Waals surface area contributed by atoms with Gasteiger partial charge in [-0.25, -0.2) is 9.67 Å². The monoisotopic (exact) mass is 282 g/mol. The Morgan fingerprint density at radius 2 is 1.80 bits per heavy atom. The highest BCUT2D eigenvalue weighted by Crippen LogP contribution is 2.35. The fourth-order valence-corrected chi connectivity index (χ4v) is 2.44. The summed E-state index contributed by atoms with van der Waals surface area (Å²) in [7, 11) is 0. The van der Waals surface area contributed by atoms with E-state index in [1.807, 2.05) is 4.90 Å². The number of alkyl halides is 3. The zero-order valence-electron chi connectivity index (χ0n) is 10.6. The highest BCUT2D eigenvalue weighted by Gasteiger charge is 2.32. The summed E-state index contributed by atoms with van der Waals surface area (Å²) in [6.07, 6.45) is 0.503. The predicted molar refractivity (Wildman–Crippen MR) is 67.8 cm³/mol. The summed E-state index contributed by atoms with van der Waals surface area (Å²) in [5.41, 5.74) is 0.545. The van der Waals surface area contributed by atoms with Crippen molar-refractivity contribution in [2.75, 3.05) is 18.0 Å². The topological polar surface area (TPSA) is 34.0 Å². The van der Waals surface area contributed by atoms with Crippen molar-refractivity contribution in [3.8, 4) is 5.69 Å². The Labute approximate surface area is 113 Å². The minimum Gasteiger partial charge on any atom is -0.370 e. The standard InChI is InChI=1S/C13H13F3N4/c14-13(15,16)10-3-4-11(20-9-17-8-18-20)12(7-10)19-5-1-2-6-19/h3-4,7-9H,1-2,5-6H2. The van der Waals surface area contributed by atoms with Gasteiger partial charge >= 0.3 is 6.18 Å². The van der Waals surface area contributed by atoms with Crippen LogP contribution in [0.4, 0.5) is 18.9 Å². The van der Waals surface area contributed by atoms with Crippen LogP contribution in [-0.4, -0.2) is 27.9 Å². The van der Waals surface area contributed by atoms with E-state index in [-0.39, 0.29) is 0 Å². The molecule has 0 saturated carbocycles. The Balaban J connectivity index is 2.09. The van der Waals surface area contributed by atoms with Gasteiger partial charge in [-0.3, -0.25) is 0 Å². The summed E-state index contributed by atoms with van der Waals surface area (Å²) in [4.78, 5) is 5.81. The molecule has 3 rings (SSSR count). The van der Waals surface area contributed by atoms with Crippen LogP contribution in [-0.2, 0) is 6.18 Å². The SMILES string of the molecule is FC(F)(F)c1ccc(-n2cncn2)c(N2CCCC2)c1. The van der Waals surface area contributed by atoms with Crippen molar-refractivity contribution in [1.29, 1.82) is 0 Å². The highest BCUT2D eigenvalue weighted by molar-refractivity contribution is 5.64. The molecule has 106 valence electrons. The Kier molecular flexibility index (Phi) is 3.11. The zero-order chi connectivity index (χ0) is 14.2. The van der Waals surface area contributed by atoms with E-state index in [2.05, 4.69) is 10.1 Å². The molecule has 20 heavy (non-hydrogen) atoms. The van der Waals surface area contributed by atoms with Gasteiger partial charge in [0.2, 0.25) is 0 Å². The number of benzene rings is 1. The molecule has 1 aromatic heterocycles. The van der Waals surface area contributed by atoms with Crippen LogP contribution in [0.15, 0.2) is 30.9 Å². The molecule has 1 aromatic carbocycles. The van der Waals surface area contributed by atoms with Crippen molar-refractivity contribution >= 4 is 5.69 Å². The van der Waals surface area contributed by atoms with Gasteiger partial charge in [0.15, 0.2) is 0 Å². The Hall–Kier alpha value is -2.05. The van der Waals surface area contributed by atoms with Crippen LogP contribution < -0.4 is 4.90 Å². The molecule has 1 aliphatic heterocycles. The second-order valence-electron chi connectivity index (χ2n) is 4.74. The minimum atomic E-state index is -4.34. The smallest absolute Gasteiger partial charge is 0.370 e. The molecule has 7 heteroatoms. The molecule has 2 aromatic rings. The number of halogens is 3. The largest absolute Gasteiger partial charge is 0.416 e. The molecule has 0 radical (unpaired) electrons. The van der Waals surface area contributed by atoms with Gasteiger partial charge in [0.25, 0.3) is 0 Å². The summed E-state index contributed by atoms with van der Waals surface area (Å²) in [5.74, 6) is 0. The molecule has 0 spiro atoms. The van der Waals surface area contributed by atoms with Gasteiger partial charge in [-0.2, -0.15) is 18.3 Å². The van der Waals surface area contributed by atoms with Crippen LogP contribution in [0, 0.1) is 0 Å². The predicted octanol–water partition coefficient (Wildman–Crippen LogP) is 2.89. The van der Waals surface area contributed by atoms with E-state index in [0.29, 0.717) is 11.4 Å². The first kappa shape index (κ1) is 13.0. The van der Waals surface area contributed by atoms with E-state index in [1.54, 1.807) is 0 Å². The first-order chi connectivity index (χ1) is 9.55. The number of anilines is 1. The van der Waals surface area contributed by atoms with E-state index in [1.165, 1.54) is 29.5 Å². The van der Waals surface area contributed by atoms with Gasteiger partial charge < -0.3 is 4.90 Å². The molecule has 0 unspecified atom stereocenters. The summed E-state index contributed by atoms with van der Waals surface area (Å²) >= 11 is 0. The van der Waals surface area contributed by atoms with Crippen molar-refractivity contribution in [3.63, 3.8) is 0 Å². The van der Waals surface area contributed by atoms with Crippen LogP contribution in [0.3, 0.4) is 0 Å². The molecule has 0 aliphatic carbocycles. The fourth-order valence-electron chi connectivity index (χ4n) is 2.44. The molecule has 1 fully saturated rings. The van der Waals surface area contributed by atoms with Crippen LogP contribution in [0.1, 0.15) is 18.4 Å². The third-order valence-electron chi connectivity index (χ3n) is 3.42. The van der Waals surface area contributed by atoms with E-state index < -0.39 is 11.7 Å². The third kappa shape index (κ3) is 2.35. The van der Waals surface area contributed by atoms with Gasteiger partial charge in [-0.1, -0.05) is 0 Å². The number of rotatable bonds is 2. The maximum absolute atomic E-state index is 12.9. The van der Waals surface area contributed by atoms with Gasteiger partial charge in [0, 0.05) is 13.1 Å². The second kappa shape index (κ2) is 4.81. The summed E-state index contributed by atoms with van der Waals surface area (Å²) in [6.45, 7) is 1.53. The molecule has 0 N–H and O–H groups in total. The average molecular weight is 282 g/mol. The van der Waals surface area contributed by atoms with Crippen molar-refractivity contribution < 1.29 is 13.2 Å². The van der Waals surface area contributed by atoms with E-state index in [4.69, 9.17) is 0 Å². The lowest BCUT2D eigenvalue weighted by atomic mass is 10.1. The van der Waals surface area contributed by atoms with Gasteiger partial charge in [0.1, 0.15) is 12.7 Å². The number of nitrogens with zero attached hydrogens (tertiary/aromatic N) is 4. The number of hydrogen-bond donors (Lipinski definition) is 0. The summed E-state index contributed by atoms with van der Waals surface area (Å²) in [6, 6.07) is 3.73. The molecular formula is C13H13F3N4. The molecule has 4 nitrogen and oxygen atoms in total. The highest BCUT2D eigenvalue weighted by atomic mass is 19.4. The van der Waals surface area contributed by atoms with Crippen LogP contribution in [0.25, 0.3) is 5.69 Å². The number of aromatic nitrogens is 3. The fraction of sp³-hybridized carbons (Fsp3) is 0.385. The maximum Gasteiger partial charge on any atom is 0.416 e. The van der Waals surface area contributed by atoms with Gasteiger partial charge in [-0.15, -0.1) is 0 Å². The molecule has 1 aliphatic rings. The zero-order valence-corrected chi connectivity index (χ0v) is 10.6. The summed E-state index contributed by atoms with van der Waals surface area (Å²) in [5, 5.41) is 4.01. The van der Waals surface area contributed by atoms with Gasteiger partial charge in [-0.05, 0) is 31.0 Å². The summed E-state index contributed by atoms with van der Waals surface area (Å²) < 4.78 is 40.1. The van der Waals surface area contributed by atoms with E-state index in [9.17, 15) is 13.2 Å². The third-order valence-corrected chi connectivity index (χ3v) is 3.42. The van der Waals surface area contributed by atoms with Crippen molar-refractivity contribution in [1.82, 2.24) is 14.8 Å². The molecular weight excluding hydrogens is 269 g/mol. The Morgan fingerprint density at radius 3 is 2.40 bits per heavy atom. The Morgan fingerprint density at radius 1 is 1.05 bits per heavy atom. The number of hydrogen-bond acceptors (Lipinski definition) is 3. The van der Waals surface area contributed by atoms with Crippen LogP contribution in [0.5, 0.6) is 0 Å². The first-order valence-corrected chi connectivity index (χ1v) is 6.37. The van der Waals surface area contributed by atoms with Crippen LogP contribution >= 0.6 is 0 Å². The molecule has 1 saturated heterocycles. The Bertz CT molecular complexity index is 586. The maximum atomic E-state index is 12.9. The van der Waals surface area contributed by atoms with Crippen molar-refractivity contribution in [2.24, 2.45) is 0 Å². The quantitative estimate of drug-likeness (QED) is 0.849. The van der Waals surface area contributed by atoms with E-state index >= 15 is 0 Å². The minimum absolute atomic E-state index is 0.558. The lowest BCUT2D eigenvalue weighted by Gasteiger charge is -2.22. The molecule has 0 amide bonds. The van der Waals surface area contributed by atoms with Crippen molar-refractivity contribution in [2.45, 2.75) is 19.0 Å². The lowest BCUT2D eigenvalue weighted by Crippen LogP contribution is -2.21. The average Bonchev–Trinajstić information content (AvgIpc) is 3.10. The lowest BCUT2D eigenvalue weighted by molar-refractivity contribution is -0.137. The first-order valence-electron chi connectivity index (χ1n) is 6.37.